The number of rotatable bonds is 3. The number of sulfonamides is 1. The minimum atomic E-state index is -4.21. The quantitative estimate of drug-likeness (QED) is 0.647. The van der Waals surface area contributed by atoms with E-state index in [4.69, 9.17) is 5.73 Å². The van der Waals surface area contributed by atoms with Gasteiger partial charge in [-0.05, 0) is 30.3 Å². The summed E-state index contributed by atoms with van der Waals surface area (Å²) in [6.45, 7) is 0. The molecule has 2 rings (SSSR count). The fourth-order valence-corrected chi connectivity index (χ4v) is 2.21. The van der Waals surface area contributed by atoms with Crippen LogP contribution in [0.5, 0.6) is 0 Å². The molecule has 0 saturated heterocycles. The fourth-order valence-electron chi connectivity index (χ4n) is 1.23. The molecular formula is C10H9N4O3S-. The average molecular weight is 265 g/mol. The summed E-state index contributed by atoms with van der Waals surface area (Å²) in [5.74, 6) is -0.436. The summed E-state index contributed by atoms with van der Waals surface area (Å²) in [4.78, 5) is 7.01. The third-order valence-corrected chi connectivity index (χ3v) is 3.58. The van der Waals surface area contributed by atoms with Crippen molar-refractivity contribution in [3.05, 3.63) is 47.9 Å². The van der Waals surface area contributed by atoms with Gasteiger partial charge in [-0.1, -0.05) is 0 Å². The van der Waals surface area contributed by atoms with Crippen molar-refractivity contribution < 1.29 is 8.42 Å². The van der Waals surface area contributed by atoms with Crippen molar-refractivity contribution in [2.75, 3.05) is 10.2 Å². The van der Waals surface area contributed by atoms with E-state index in [1.807, 2.05) is 0 Å². The number of nitrogen functional groups attached to an aromatic ring is 1. The number of anilines is 2. The van der Waals surface area contributed by atoms with Gasteiger partial charge in [-0.3, -0.25) is 0 Å². The second-order valence-electron chi connectivity index (χ2n) is 3.35. The van der Waals surface area contributed by atoms with E-state index < -0.39 is 16.0 Å². The monoisotopic (exact) mass is 265 g/mol. The number of hydrogen-bond donors (Lipinski definition) is 1. The smallest absolute Gasteiger partial charge is 0.256 e. The molecule has 1 aromatic carbocycles. The lowest BCUT2D eigenvalue weighted by Crippen LogP contribution is -2.26. The average Bonchev–Trinajstić information content (AvgIpc) is 2.39. The molecule has 2 N–H and O–H groups in total. The molecule has 94 valence electrons. The first-order valence-corrected chi connectivity index (χ1v) is 6.31. The minimum absolute atomic E-state index is 0.167. The maximum atomic E-state index is 11.9. The Kier molecular flexibility index (Phi) is 3.13. The predicted molar refractivity (Wildman–Crippen MR) is 65.9 cm³/mol. The zero-order chi connectivity index (χ0) is 13.2. The van der Waals surface area contributed by atoms with Crippen LogP contribution in [0.2, 0.25) is 0 Å². The summed E-state index contributed by atoms with van der Waals surface area (Å²) in [5.41, 5.74) is 5.85. The summed E-state index contributed by atoms with van der Waals surface area (Å²) in [6, 6.07) is 6.77. The molecule has 7 nitrogen and oxygen atoms in total. The van der Waals surface area contributed by atoms with Crippen molar-refractivity contribution >= 4 is 21.7 Å². The largest absolute Gasteiger partial charge is 0.742 e. The SMILES string of the molecule is Nc1ccc(S(=O)(=O)N([O-])c2ncccn2)cc1. The molecule has 0 radical (unpaired) electrons. The van der Waals surface area contributed by atoms with E-state index in [0.717, 1.165) is 0 Å². The second-order valence-corrected chi connectivity index (χ2v) is 5.10. The summed E-state index contributed by atoms with van der Waals surface area (Å²) in [6.07, 6.45) is 2.57. The molecule has 0 saturated carbocycles. The molecule has 0 atom stereocenters. The summed E-state index contributed by atoms with van der Waals surface area (Å²) < 4.78 is 23.6. The van der Waals surface area contributed by atoms with Gasteiger partial charge in [0.25, 0.3) is 10.0 Å². The Hall–Kier alpha value is -2.19. The maximum Gasteiger partial charge on any atom is 0.256 e. The Morgan fingerprint density at radius 2 is 1.67 bits per heavy atom. The highest BCUT2D eigenvalue weighted by Crippen LogP contribution is 2.19. The highest BCUT2D eigenvalue weighted by atomic mass is 32.2. The van der Waals surface area contributed by atoms with Crippen LogP contribution >= 0.6 is 0 Å². The molecule has 0 amide bonds. The molecular weight excluding hydrogens is 256 g/mol. The Bertz CT molecular complexity index is 628. The summed E-state index contributed by atoms with van der Waals surface area (Å²) in [7, 11) is -4.21. The standard InChI is InChI=1S/C10H9N4O3S/c11-8-2-4-9(5-3-8)18(16,17)14(15)10-12-6-1-7-13-10/h1-7H,11H2/q-1. The molecule has 0 bridgehead atoms. The molecule has 0 aliphatic rings. The maximum absolute atomic E-state index is 11.9. The zero-order valence-corrected chi connectivity index (χ0v) is 9.91. The number of hydrogen-bond acceptors (Lipinski definition) is 6. The van der Waals surface area contributed by atoms with Gasteiger partial charge in [-0.15, -0.1) is 0 Å². The van der Waals surface area contributed by atoms with E-state index in [1.54, 1.807) is 0 Å². The topological polar surface area (TPSA) is 112 Å². The van der Waals surface area contributed by atoms with Crippen LogP contribution in [0.1, 0.15) is 0 Å². The van der Waals surface area contributed by atoms with Crippen molar-refractivity contribution in [1.82, 2.24) is 9.97 Å². The first-order valence-electron chi connectivity index (χ1n) is 4.87. The van der Waals surface area contributed by atoms with Gasteiger partial charge in [0.05, 0.1) is 4.90 Å². The van der Waals surface area contributed by atoms with Crippen LogP contribution in [0.4, 0.5) is 11.6 Å². The van der Waals surface area contributed by atoms with Crippen molar-refractivity contribution in [3.8, 4) is 0 Å². The predicted octanol–water partition coefficient (Wildman–Crippen LogP) is 0.752. The highest BCUT2D eigenvalue weighted by molar-refractivity contribution is 7.92. The Morgan fingerprint density at radius 1 is 1.11 bits per heavy atom. The van der Waals surface area contributed by atoms with Crippen molar-refractivity contribution in [3.63, 3.8) is 0 Å². The minimum Gasteiger partial charge on any atom is -0.742 e. The van der Waals surface area contributed by atoms with Gasteiger partial charge in [0.2, 0.25) is 5.95 Å². The second kappa shape index (κ2) is 4.59. The molecule has 0 unspecified atom stereocenters. The van der Waals surface area contributed by atoms with E-state index in [0.29, 0.717) is 5.69 Å². The van der Waals surface area contributed by atoms with E-state index in [1.165, 1.54) is 42.7 Å². The molecule has 18 heavy (non-hydrogen) atoms. The fraction of sp³-hybridized carbons (Fsp3) is 0. The van der Waals surface area contributed by atoms with Crippen molar-refractivity contribution in [1.29, 1.82) is 0 Å². The van der Waals surface area contributed by atoms with Gasteiger partial charge in [-0.25, -0.2) is 18.4 Å². The van der Waals surface area contributed by atoms with Gasteiger partial charge in [0.15, 0.2) is 0 Å². The van der Waals surface area contributed by atoms with Crippen LogP contribution < -0.4 is 10.2 Å². The third-order valence-electron chi connectivity index (χ3n) is 2.11. The molecule has 2 aromatic rings. The summed E-state index contributed by atoms with van der Waals surface area (Å²) in [5, 5.41) is 11.7. The number of aromatic nitrogens is 2. The van der Waals surface area contributed by atoms with Crippen LogP contribution in [0.15, 0.2) is 47.6 Å². The Morgan fingerprint density at radius 3 is 2.22 bits per heavy atom. The molecule has 0 aliphatic carbocycles. The van der Waals surface area contributed by atoms with E-state index >= 15 is 0 Å². The zero-order valence-electron chi connectivity index (χ0n) is 9.09. The van der Waals surface area contributed by atoms with Gasteiger partial charge >= 0.3 is 0 Å². The van der Waals surface area contributed by atoms with Gasteiger partial charge < -0.3 is 15.4 Å². The molecule has 0 fully saturated rings. The van der Waals surface area contributed by atoms with Crippen LogP contribution in [0.3, 0.4) is 0 Å². The molecule has 0 spiro atoms. The Balaban J connectivity index is 2.40. The van der Waals surface area contributed by atoms with E-state index in [9.17, 15) is 13.6 Å². The van der Waals surface area contributed by atoms with Crippen LogP contribution in [-0.4, -0.2) is 18.4 Å². The molecule has 8 heteroatoms. The van der Waals surface area contributed by atoms with E-state index in [2.05, 4.69) is 9.97 Å². The highest BCUT2D eigenvalue weighted by Gasteiger charge is 2.18. The van der Waals surface area contributed by atoms with Gasteiger partial charge in [0, 0.05) is 18.1 Å². The van der Waals surface area contributed by atoms with Gasteiger partial charge in [0.1, 0.15) is 0 Å². The normalized spacial score (nSPS) is 11.2. The lowest BCUT2D eigenvalue weighted by atomic mass is 10.3. The van der Waals surface area contributed by atoms with Crippen molar-refractivity contribution in [2.24, 2.45) is 0 Å². The van der Waals surface area contributed by atoms with Crippen LogP contribution in [0, 0.1) is 5.21 Å². The van der Waals surface area contributed by atoms with E-state index in [-0.39, 0.29) is 9.36 Å². The molecule has 1 aromatic heterocycles. The third kappa shape index (κ3) is 2.24. The number of benzene rings is 1. The van der Waals surface area contributed by atoms with Crippen LogP contribution in [-0.2, 0) is 10.0 Å². The first-order chi connectivity index (χ1) is 8.51. The van der Waals surface area contributed by atoms with Gasteiger partial charge in [-0.2, -0.15) is 0 Å². The van der Waals surface area contributed by atoms with Crippen LogP contribution in [0.25, 0.3) is 0 Å². The molecule has 1 heterocycles. The Labute approximate surface area is 104 Å². The summed E-state index contributed by atoms with van der Waals surface area (Å²) >= 11 is 0. The lowest BCUT2D eigenvalue weighted by molar-refractivity contribution is 0.595. The lowest BCUT2D eigenvalue weighted by Gasteiger charge is -2.26. The molecule has 0 aliphatic heterocycles. The van der Waals surface area contributed by atoms with Crippen molar-refractivity contribution in [2.45, 2.75) is 4.90 Å². The first kappa shape index (κ1) is 12.3. The number of nitrogens with zero attached hydrogens (tertiary/aromatic N) is 3. The number of nitrogens with two attached hydrogens (primary N) is 1.